The van der Waals surface area contributed by atoms with E-state index in [2.05, 4.69) is 10.3 Å². The molecular weight excluding hydrogens is 374 g/mol. The van der Waals surface area contributed by atoms with Crippen molar-refractivity contribution in [2.24, 2.45) is 0 Å². The van der Waals surface area contributed by atoms with Crippen LogP contribution >= 0.6 is 0 Å². The number of benzene rings is 2. The lowest BCUT2D eigenvalue weighted by atomic mass is 10.0. The van der Waals surface area contributed by atoms with Gasteiger partial charge in [-0.2, -0.15) is 0 Å². The molecule has 150 valence electrons. The zero-order valence-corrected chi connectivity index (χ0v) is 17.0. The molecule has 5 heteroatoms. The molecule has 0 radical (unpaired) electrons. The summed E-state index contributed by atoms with van der Waals surface area (Å²) in [5.41, 5.74) is 3.76. The number of amides is 1. The van der Waals surface area contributed by atoms with Gasteiger partial charge in [0.1, 0.15) is 5.75 Å². The molecule has 0 spiro atoms. The van der Waals surface area contributed by atoms with E-state index in [1.54, 1.807) is 6.20 Å². The first-order valence-corrected chi connectivity index (χ1v) is 10.0. The summed E-state index contributed by atoms with van der Waals surface area (Å²) in [7, 11) is 0. The van der Waals surface area contributed by atoms with E-state index in [1.165, 1.54) is 0 Å². The predicted molar refractivity (Wildman–Crippen MR) is 118 cm³/mol. The van der Waals surface area contributed by atoms with Crippen molar-refractivity contribution in [1.29, 1.82) is 0 Å². The van der Waals surface area contributed by atoms with E-state index in [4.69, 9.17) is 9.72 Å². The summed E-state index contributed by atoms with van der Waals surface area (Å²) in [5.74, 6) is 0.673. The van der Waals surface area contributed by atoms with Gasteiger partial charge in [-0.05, 0) is 55.8 Å². The van der Waals surface area contributed by atoms with Gasteiger partial charge >= 0.3 is 0 Å². The number of pyridine rings is 2. The number of aromatic nitrogens is 2. The zero-order chi connectivity index (χ0) is 20.9. The summed E-state index contributed by atoms with van der Waals surface area (Å²) in [4.78, 5) is 22.3. The number of nitrogens with zero attached hydrogens (tertiary/aromatic N) is 2. The number of hydrogen-bond donors (Lipinski definition) is 1. The van der Waals surface area contributed by atoms with Crippen LogP contribution in [0.5, 0.6) is 5.75 Å². The van der Waals surface area contributed by atoms with Crippen molar-refractivity contribution in [2.45, 2.75) is 19.9 Å². The monoisotopic (exact) mass is 397 g/mol. The molecule has 0 aliphatic heterocycles. The second-order valence-electron chi connectivity index (χ2n) is 6.98. The van der Waals surface area contributed by atoms with Crippen LogP contribution in [0.15, 0.2) is 79.0 Å². The largest absolute Gasteiger partial charge is 0.494 e. The van der Waals surface area contributed by atoms with Crippen LogP contribution in [0, 0.1) is 0 Å². The van der Waals surface area contributed by atoms with Crippen LogP contribution in [0.25, 0.3) is 22.3 Å². The molecule has 1 unspecified atom stereocenters. The van der Waals surface area contributed by atoms with Crippen LogP contribution < -0.4 is 10.1 Å². The number of rotatable bonds is 6. The van der Waals surface area contributed by atoms with Gasteiger partial charge < -0.3 is 10.1 Å². The molecule has 5 nitrogen and oxygen atoms in total. The summed E-state index contributed by atoms with van der Waals surface area (Å²) in [6.45, 7) is 4.55. The first-order chi connectivity index (χ1) is 14.7. The number of fused-ring (bicyclic) bond motifs is 1. The first kappa shape index (κ1) is 19.6. The molecule has 2 heterocycles. The second kappa shape index (κ2) is 8.74. The van der Waals surface area contributed by atoms with Crippen molar-refractivity contribution in [3.8, 4) is 17.1 Å². The Labute approximate surface area is 175 Å². The molecule has 2 aromatic carbocycles. The van der Waals surface area contributed by atoms with Gasteiger partial charge in [0.15, 0.2) is 0 Å². The molecular formula is C25H23N3O2. The molecule has 0 aliphatic rings. The van der Waals surface area contributed by atoms with E-state index in [1.807, 2.05) is 86.6 Å². The van der Waals surface area contributed by atoms with E-state index in [0.717, 1.165) is 27.9 Å². The first-order valence-electron chi connectivity index (χ1n) is 10.0. The highest BCUT2D eigenvalue weighted by molar-refractivity contribution is 6.07. The Hall–Kier alpha value is -3.73. The minimum Gasteiger partial charge on any atom is -0.494 e. The van der Waals surface area contributed by atoms with E-state index < -0.39 is 0 Å². The second-order valence-corrected chi connectivity index (χ2v) is 6.98. The molecule has 0 aliphatic carbocycles. The summed E-state index contributed by atoms with van der Waals surface area (Å²) in [6, 6.07) is 22.8. The number of hydrogen-bond acceptors (Lipinski definition) is 4. The minimum atomic E-state index is -0.154. The van der Waals surface area contributed by atoms with Gasteiger partial charge in [-0.1, -0.05) is 36.4 Å². The molecule has 1 amide bonds. The molecule has 0 bridgehead atoms. The van der Waals surface area contributed by atoms with Crippen LogP contribution in [0.1, 0.15) is 35.8 Å². The number of carbonyl (C=O) groups is 1. The lowest BCUT2D eigenvalue weighted by molar-refractivity contribution is 0.0941. The fraction of sp³-hybridized carbons (Fsp3) is 0.160. The van der Waals surface area contributed by atoms with Crippen LogP contribution in [0.4, 0.5) is 0 Å². The lowest BCUT2D eigenvalue weighted by Crippen LogP contribution is -2.27. The topological polar surface area (TPSA) is 64.1 Å². The molecule has 0 saturated heterocycles. The maximum Gasteiger partial charge on any atom is 0.252 e. The molecule has 0 fully saturated rings. The van der Waals surface area contributed by atoms with E-state index in [9.17, 15) is 4.79 Å². The van der Waals surface area contributed by atoms with Crippen LogP contribution in [0.3, 0.4) is 0 Å². The van der Waals surface area contributed by atoms with E-state index in [0.29, 0.717) is 17.9 Å². The maximum atomic E-state index is 13.2. The van der Waals surface area contributed by atoms with Gasteiger partial charge in [0, 0.05) is 11.6 Å². The van der Waals surface area contributed by atoms with Gasteiger partial charge in [0.05, 0.1) is 35.1 Å². The van der Waals surface area contributed by atoms with Gasteiger partial charge in [0.2, 0.25) is 0 Å². The van der Waals surface area contributed by atoms with Crippen molar-refractivity contribution in [3.05, 3.63) is 90.1 Å². The number of nitrogens with one attached hydrogen (secondary N) is 1. The Morgan fingerprint density at radius 3 is 2.50 bits per heavy atom. The number of para-hydroxylation sites is 1. The standard InChI is InChI=1S/C25H23N3O2/c1-3-30-19-13-11-18(12-14-19)17(2)27-25(29)21-16-24(23-10-6-7-15-26-23)28-22-9-5-4-8-20(21)22/h4-17H,3H2,1-2H3,(H,27,29). The van der Waals surface area contributed by atoms with Crippen molar-refractivity contribution >= 4 is 16.8 Å². The summed E-state index contributed by atoms with van der Waals surface area (Å²) >= 11 is 0. The maximum absolute atomic E-state index is 13.2. The summed E-state index contributed by atoms with van der Waals surface area (Å²) < 4.78 is 5.49. The molecule has 0 saturated carbocycles. The van der Waals surface area contributed by atoms with Crippen LogP contribution in [-0.2, 0) is 0 Å². The molecule has 4 rings (SSSR count). The van der Waals surface area contributed by atoms with Gasteiger partial charge in [0.25, 0.3) is 5.91 Å². The Morgan fingerprint density at radius 1 is 1.00 bits per heavy atom. The van der Waals surface area contributed by atoms with E-state index >= 15 is 0 Å². The third kappa shape index (κ3) is 4.15. The van der Waals surface area contributed by atoms with Crippen molar-refractivity contribution in [3.63, 3.8) is 0 Å². The number of ether oxygens (including phenoxy) is 1. The van der Waals surface area contributed by atoms with Crippen molar-refractivity contribution in [1.82, 2.24) is 15.3 Å². The SMILES string of the molecule is CCOc1ccc(C(C)NC(=O)c2cc(-c3ccccn3)nc3ccccc23)cc1. The fourth-order valence-corrected chi connectivity index (χ4v) is 3.39. The Kier molecular flexibility index (Phi) is 5.70. The average Bonchev–Trinajstić information content (AvgIpc) is 2.79. The summed E-state index contributed by atoms with van der Waals surface area (Å²) in [5, 5.41) is 3.92. The predicted octanol–water partition coefficient (Wildman–Crippen LogP) is 5.19. The zero-order valence-electron chi connectivity index (χ0n) is 17.0. The average molecular weight is 397 g/mol. The molecule has 1 atom stereocenters. The van der Waals surface area contributed by atoms with E-state index in [-0.39, 0.29) is 11.9 Å². The fourth-order valence-electron chi connectivity index (χ4n) is 3.39. The minimum absolute atomic E-state index is 0.146. The third-order valence-electron chi connectivity index (χ3n) is 4.93. The van der Waals surface area contributed by atoms with Gasteiger partial charge in [-0.15, -0.1) is 0 Å². The Bertz CT molecular complexity index is 1160. The molecule has 30 heavy (non-hydrogen) atoms. The van der Waals surface area contributed by atoms with Gasteiger partial charge in [-0.25, -0.2) is 4.98 Å². The molecule has 4 aromatic rings. The Balaban J connectivity index is 1.65. The normalized spacial score (nSPS) is 11.8. The molecule has 2 aromatic heterocycles. The van der Waals surface area contributed by atoms with Crippen LogP contribution in [-0.4, -0.2) is 22.5 Å². The highest BCUT2D eigenvalue weighted by Gasteiger charge is 2.17. The molecule has 1 N–H and O–H groups in total. The van der Waals surface area contributed by atoms with Crippen molar-refractivity contribution < 1.29 is 9.53 Å². The summed E-state index contributed by atoms with van der Waals surface area (Å²) in [6.07, 6.45) is 1.72. The quantitative estimate of drug-likeness (QED) is 0.486. The van der Waals surface area contributed by atoms with Crippen molar-refractivity contribution in [2.75, 3.05) is 6.61 Å². The smallest absolute Gasteiger partial charge is 0.252 e. The van der Waals surface area contributed by atoms with Crippen LogP contribution in [0.2, 0.25) is 0 Å². The Morgan fingerprint density at radius 2 is 1.77 bits per heavy atom. The number of carbonyl (C=O) groups excluding carboxylic acids is 1. The third-order valence-corrected chi connectivity index (χ3v) is 4.93. The highest BCUT2D eigenvalue weighted by atomic mass is 16.5. The highest BCUT2D eigenvalue weighted by Crippen LogP contribution is 2.25. The lowest BCUT2D eigenvalue weighted by Gasteiger charge is -2.16. The van der Waals surface area contributed by atoms with Gasteiger partial charge in [-0.3, -0.25) is 9.78 Å².